The highest BCUT2D eigenvalue weighted by Crippen LogP contribution is 2.16. The molecule has 1 amide bonds. The molecule has 3 nitrogen and oxygen atoms in total. The van der Waals surface area contributed by atoms with Crippen LogP contribution < -0.4 is 11.1 Å². The molecule has 0 heterocycles. The Hall–Kier alpha value is -0.770. The van der Waals surface area contributed by atoms with Gasteiger partial charge in [0, 0.05) is 17.5 Å². The molecule has 0 aliphatic heterocycles. The first kappa shape index (κ1) is 17.2. The number of rotatable bonds is 5. The summed E-state index contributed by atoms with van der Waals surface area (Å²) in [5.74, 6) is 0.0322. The van der Waals surface area contributed by atoms with Gasteiger partial charge in [-0.3, -0.25) is 4.79 Å². The highest BCUT2D eigenvalue weighted by Gasteiger charge is 2.09. The van der Waals surface area contributed by atoms with Crippen LogP contribution in [-0.2, 0) is 4.79 Å². The summed E-state index contributed by atoms with van der Waals surface area (Å²) < 4.78 is 0. The maximum absolute atomic E-state index is 11.6. The standard InChI is InChI=1S/C13H19ClN2O.ClH/c1-9(15)3-8-13(17)16-10(2)11-4-6-12(14)7-5-11;/h4-7,9-10H,3,8,15H2,1-2H3,(H,16,17);1H. The van der Waals surface area contributed by atoms with Crippen LogP contribution in [0, 0.1) is 0 Å². The minimum atomic E-state index is -0.00662. The topological polar surface area (TPSA) is 55.1 Å². The van der Waals surface area contributed by atoms with Crippen molar-refractivity contribution in [1.82, 2.24) is 5.32 Å². The zero-order valence-corrected chi connectivity index (χ0v) is 12.2. The monoisotopic (exact) mass is 290 g/mol. The largest absolute Gasteiger partial charge is 0.350 e. The predicted octanol–water partition coefficient (Wildman–Crippen LogP) is 3.07. The van der Waals surface area contributed by atoms with Crippen molar-refractivity contribution < 1.29 is 4.79 Å². The fourth-order valence-electron chi connectivity index (χ4n) is 1.51. The molecule has 18 heavy (non-hydrogen) atoms. The summed E-state index contributed by atoms with van der Waals surface area (Å²) in [4.78, 5) is 11.6. The summed E-state index contributed by atoms with van der Waals surface area (Å²) in [5, 5.41) is 3.63. The SMILES string of the molecule is CC(N)CCC(=O)NC(C)c1ccc(Cl)cc1.Cl. The molecule has 0 spiro atoms. The van der Waals surface area contributed by atoms with Crippen LogP contribution >= 0.6 is 24.0 Å². The van der Waals surface area contributed by atoms with Crippen molar-refractivity contribution in [3.05, 3.63) is 34.9 Å². The average Bonchev–Trinajstić information content (AvgIpc) is 2.27. The van der Waals surface area contributed by atoms with Gasteiger partial charge in [0.2, 0.25) is 5.91 Å². The average molecular weight is 291 g/mol. The van der Waals surface area contributed by atoms with Gasteiger partial charge in [-0.1, -0.05) is 23.7 Å². The van der Waals surface area contributed by atoms with Crippen LogP contribution in [0.2, 0.25) is 5.02 Å². The van der Waals surface area contributed by atoms with Crippen LogP contribution in [0.3, 0.4) is 0 Å². The third-order valence-corrected chi connectivity index (χ3v) is 2.83. The van der Waals surface area contributed by atoms with E-state index in [9.17, 15) is 4.79 Å². The van der Waals surface area contributed by atoms with E-state index in [0.717, 1.165) is 5.56 Å². The molecule has 0 aliphatic carbocycles. The van der Waals surface area contributed by atoms with Crippen LogP contribution in [0.4, 0.5) is 0 Å². The number of nitrogens with one attached hydrogen (secondary N) is 1. The second-order valence-electron chi connectivity index (χ2n) is 4.36. The zero-order valence-electron chi connectivity index (χ0n) is 10.7. The van der Waals surface area contributed by atoms with Gasteiger partial charge in [0.25, 0.3) is 0 Å². The van der Waals surface area contributed by atoms with Crippen LogP contribution in [-0.4, -0.2) is 11.9 Å². The van der Waals surface area contributed by atoms with E-state index < -0.39 is 0 Å². The van der Waals surface area contributed by atoms with E-state index in [4.69, 9.17) is 17.3 Å². The summed E-state index contributed by atoms with van der Waals surface area (Å²) in [7, 11) is 0. The maximum atomic E-state index is 11.6. The molecule has 0 aliphatic rings. The van der Waals surface area contributed by atoms with Gasteiger partial charge in [0.15, 0.2) is 0 Å². The van der Waals surface area contributed by atoms with Crippen LogP contribution in [0.1, 0.15) is 38.3 Å². The van der Waals surface area contributed by atoms with E-state index >= 15 is 0 Å². The number of hydrogen-bond acceptors (Lipinski definition) is 2. The molecule has 0 bridgehead atoms. The van der Waals surface area contributed by atoms with Crippen molar-refractivity contribution in [1.29, 1.82) is 0 Å². The Kier molecular flexibility index (Phi) is 8.00. The summed E-state index contributed by atoms with van der Waals surface area (Å²) in [5.41, 5.74) is 6.65. The van der Waals surface area contributed by atoms with Gasteiger partial charge in [0.1, 0.15) is 0 Å². The molecule has 102 valence electrons. The third-order valence-electron chi connectivity index (χ3n) is 2.57. The van der Waals surface area contributed by atoms with Crippen LogP contribution in [0.15, 0.2) is 24.3 Å². The van der Waals surface area contributed by atoms with Crippen molar-refractivity contribution in [2.45, 2.75) is 38.8 Å². The Bertz CT molecular complexity index is 366. The predicted molar refractivity (Wildman–Crippen MR) is 78.1 cm³/mol. The Morgan fingerprint density at radius 2 is 1.89 bits per heavy atom. The molecule has 0 saturated heterocycles. The van der Waals surface area contributed by atoms with Gasteiger partial charge in [0.05, 0.1) is 6.04 Å². The molecule has 1 aromatic rings. The molecule has 2 atom stereocenters. The van der Waals surface area contributed by atoms with E-state index in [1.165, 1.54) is 0 Å². The molecule has 1 rings (SSSR count). The fraction of sp³-hybridized carbons (Fsp3) is 0.462. The normalized spacial score (nSPS) is 13.3. The first-order chi connectivity index (χ1) is 7.99. The number of halogens is 2. The Balaban J connectivity index is 0.00000289. The van der Waals surface area contributed by atoms with Gasteiger partial charge in [-0.25, -0.2) is 0 Å². The minimum Gasteiger partial charge on any atom is -0.350 e. The summed E-state index contributed by atoms with van der Waals surface area (Å²) >= 11 is 5.81. The molecular formula is C13H20Cl2N2O. The van der Waals surface area contributed by atoms with Gasteiger partial charge < -0.3 is 11.1 Å². The minimum absolute atomic E-state index is 0. The molecule has 0 radical (unpaired) electrons. The van der Waals surface area contributed by atoms with Crippen molar-refractivity contribution in [2.75, 3.05) is 0 Å². The van der Waals surface area contributed by atoms with Crippen LogP contribution in [0.25, 0.3) is 0 Å². The van der Waals surface area contributed by atoms with Crippen molar-refractivity contribution >= 4 is 29.9 Å². The Labute approximate surface area is 119 Å². The zero-order chi connectivity index (χ0) is 12.8. The van der Waals surface area contributed by atoms with E-state index in [-0.39, 0.29) is 30.4 Å². The van der Waals surface area contributed by atoms with E-state index in [0.29, 0.717) is 17.9 Å². The molecule has 1 aromatic carbocycles. The van der Waals surface area contributed by atoms with Crippen molar-refractivity contribution in [3.8, 4) is 0 Å². The second kappa shape index (κ2) is 8.35. The van der Waals surface area contributed by atoms with E-state index in [1.807, 2.05) is 38.1 Å². The number of carbonyl (C=O) groups excluding carboxylic acids is 1. The third kappa shape index (κ3) is 6.24. The summed E-state index contributed by atoms with van der Waals surface area (Å²) in [6.45, 7) is 3.85. The van der Waals surface area contributed by atoms with Gasteiger partial charge in [-0.2, -0.15) is 0 Å². The number of hydrogen-bond donors (Lipinski definition) is 2. The van der Waals surface area contributed by atoms with Crippen LogP contribution in [0.5, 0.6) is 0 Å². The molecule has 3 N–H and O–H groups in total. The fourth-order valence-corrected chi connectivity index (χ4v) is 1.63. The summed E-state index contributed by atoms with van der Waals surface area (Å²) in [6.07, 6.45) is 1.18. The number of nitrogens with two attached hydrogens (primary N) is 1. The van der Waals surface area contributed by atoms with Gasteiger partial charge in [-0.15, -0.1) is 12.4 Å². The highest BCUT2D eigenvalue weighted by molar-refractivity contribution is 6.30. The highest BCUT2D eigenvalue weighted by atomic mass is 35.5. The first-order valence-corrected chi connectivity index (χ1v) is 6.17. The number of benzene rings is 1. The lowest BCUT2D eigenvalue weighted by molar-refractivity contribution is -0.121. The maximum Gasteiger partial charge on any atom is 0.220 e. The molecule has 0 aromatic heterocycles. The molecule has 5 heteroatoms. The molecule has 0 fully saturated rings. The second-order valence-corrected chi connectivity index (χ2v) is 4.79. The van der Waals surface area contributed by atoms with E-state index in [1.54, 1.807) is 0 Å². The number of carbonyl (C=O) groups is 1. The van der Waals surface area contributed by atoms with Gasteiger partial charge >= 0.3 is 0 Å². The lowest BCUT2D eigenvalue weighted by Crippen LogP contribution is -2.28. The first-order valence-electron chi connectivity index (χ1n) is 5.79. The quantitative estimate of drug-likeness (QED) is 0.876. The van der Waals surface area contributed by atoms with Gasteiger partial charge in [-0.05, 0) is 38.0 Å². The van der Waals surface area contributed by atoms with Crippen molar-refractivity contribution in [2.24, 2.45) is 5.73 Å². The Morgan fingerprint density at radius 1 is 1.33 bits per heavy atom. The lowest BCUT2D eigenvalue weighted by Gasteiger charge is -2.15. The molecule has 0 saturated carbocycles. The summed E-state index contributed by atoms with van der Waals surface area (Å²) in [6, 6.07) is 7.53. The smallest absolute Gasteiger partial charge is 0.220 e. The molecule has 2 unspecified atom stereocenters. The number of amides is 1. The molecular weight excluding hydrogens is 271 g/mol. The Morgan fingerprint density at radius 3 is 2.39 bits per heavy atom. The lowest BCUT2D eigenvalue weighted by atomic mass is 10.1. The van der Waals surface area contributed by atoms with E-state index in [2.05, 4.69) is 5.32 Å². The van der Waals surface area contributed by atoms with Crippen molar-refractivity contribution in [3.63, 3.8) is 0 Å².